The quantitative estimate of drug-likeness (QED) is 0.861. The SMILES string of the molecule is CC(=O)C(C#N)(Cc1cc(F)cc(F)c1)c1ccccc1. The van der Waals surface area contributed by atoms with Crippen LogP contribution in [0.3, 0.4) is 0 Å². The van der Waals surface area contributed by atoms with Gasteiger partial charge in [0.05, 0.1) is 6.07 Å². The first kappa shape index (κ1) is 14.9. The molecule has 106 valence electrons. The van der Waals surface area contributed by atoms with Gasteiger partial charge in [0.2, 0.25) is 0 Å². The van der Waals surface area contributed by atoms with E-state index in [0.29, 0.717) is 5.56 Å². The van der Waals surface area contributed by atoms with Crippen LogP contribution in [0.15, 0.2) is 48.5 Å². The van der Waals surface area contributed by atoms with Crippen LogP contribution in [0.1, 0.15) is 18.1 Å². The molecule has 4 heteroatoms. The Kier molecular flexibility index (Phi) is 4.13. The highest BCUT2D eigenvalue weighted by Gasteiger charge is 2.38. The summed E-state index contributed by atoms with van der Waals surface area (Å²) < 4.78 is 26.6. The minimum atomic E-state index is -1.44. The van der Waals surface area contributed by atoms with Gasteiger partial charge in [-0.25, -0.2) is 8.78 Å². The Bertz CT molecular complexity index is 686. The first-order valence-electron chi connectivity index (χ1n) is 6.41. The molecule has 2 aromatic carbocycles. The second kappa shape index (κ2) is 5.84. The van der Waals surface area contributed by atoms with Gasteiger partial charge in [-0.3, -0.25) is 4.79 Å². The standard InChI is InChI=1S/C17H13F2NO/c1-12(21)17(11-20,14-5-3-2-4-6-14)10-13-7-15(18)9-16(19)8-13/h2-9H,10H2,1H3. The van der Waals surface area contributed by atoms with E-state index in [4.69, 9.17) is 0 Å². The van der Waals surface area contributed by atoms with Gasteiger partial charge in [0.15, 0.2) is 5.78 Å². The van der Waals surface area contributed by atoms with Crippen molar-refractivity contribution >= 4 is 5.78 Å². The zero-order valence-electron chi connectivity index (χ0n) is 11.4. The number of benzene rings is 2. The molecule has 2 rings (SSSR count). The van der Waals surface area contributed by atoms with Crippen molar-refractivity contribution < 1.29 is 13.6 Å². The highest BCUT2D eigenvalue weighted by Crippen LogP contribution is 2.29. The van der Waals surface area contributed by atoms with Crippen LogP contribution in [0.25, 0.3) is 0 Å². The van der Waals surface area contributed by atoms with Crippen LogP contribution in [-0.4, -0.2) is 5.78 Å². The lowest BCUT2D eigenvalue weighted by molar-refractivity contribution is -0.120. The summed E-state index contributed by atoms with van der Waals surface area (Å²) >= 11 is 0. The minimum absolute atomic E-state index is 0.0719. The largest absolute Gasteiger partial charge is 0.298 e. The predicted molar refractivity (Wildman–Crippen MR) is 74.5 cm³/mol. The van der Waals surface area contributed by atoms with Crippen molar-refractivity contribution in [2.24, 2.45) is 0 Å². The van der Waals surface area contributed by atoms with Crippen molar-refractivity contribution in [2.45, 2.75) is 18.8 Å². The molecule has 0 amide bonds. The second-order valence-electron chi connectivity index (χ2n) is 4.89. The number of nitrogens with zero attached hydrogens (tertiary/aromatic N) is 1. The Balaban J connectivity index is 2.52. The third-order valence-electron chi connectivity index (χ3n) is 3.45. The van der Waals surface area contributed by atoms with Gasteiger partial charge >= 0.3 is 0 Å². The number of rotatable bonds is 4. The number of halogens is 2. The normalized spacial score (nSPS) is 13.2. The summed E-state index contributed by atoms with van der Waals surface area (Å²) in [6.07, 6.45) is -0.0719. The molecule has 0 aliphatic rings. The topological polar surface area (TPSA) is 40.9 Å². The molecule has 0 saturated carbocycles. The average molecular weight is 285 g/mol. The van der Waals surface area contributed by atoms with Crippen molar-refractivity contribution in [3.63, 3.8) is 0 Å². The summed E-state index contributed by atoms with van der Waals surface area (Å²) in [5.74, 6) is -1.82. The summed E-state index contributed by atoms with van der Waals surface area (Å²) in [6, 6.07) is 13.6. The van der Waals surface area contributed by atoms with E-state index in [1.807, 2.05) is 6.07 Å². The van der Waals surface area contributed by atoms with Gasteiger partial charge in [0, 0.05) is 12.5 Å². The molecule has 0 bridgehead atoms. The molecule has 0 fully saturated rings. The minimum Gasteiger partial charge on any atom is -0.298 e. The van der Waals surface area contributed by atoms with Crippen LogP contribution < -0.4 is 0 Å². The fraction of sp³-hybridized carbons (Fsp3) is 0.176. The highest BCUT2D eigenvalue weighted by atomic mass is 19.1. The van der Waals surface area contributed by atoms with Gasteiger partial charge in [0.1, 0.15) is 17.0 Å². The lowest BCUT2D eigenvalue weighted by Gasteiger charge is -2.24. The summed E-state index contributed by atoms with van der Waals surface area (Å²) in [7, 11) is 0. The Morgan fingerprint density at radius 2 is 1.71 bits per heavy atom. The Morgan fingerprint density at radius 1 is 1.14 bits per heavy atom. The van der Waals surface area contributed by atoms with Crippen molar-refractivity contribution in [3.05, 3.63) is 71.3 Å². The Labute approximate surface area is 121 Å². The van der Waals surface area contributed by atoms with E-state index in [1.165, 1.54) is 6.92 Å². The highest BCUT2D eigenvalue weighted by molar-refractivity contribution is 5.91. The summed E-state index contributed by atoms with van der Waals surface area (Å²) in [4.78, 5) is 12.1. The maximum absolute atomic E-state index is 13.3. The lowest BCUT2D eigenvalue weighted by Crippen LogP contribution is -2.35. The second-order valence-corrected chi connectivity index (χ2v) is 4.89. The number of carbonyl (C=O) groups excluding carboxylic acids is 1. The van der Waals surface area contributed by atoms with Crippen molar-refractivity contribution in [3.8, 4) is 6.07 Å². The number of hydrogen-bond acceptors (Lipinski definition) is 2. The number of ketones is 1. The molecule has 0 radical (unpaired) electrons. The van der Waals surface area contributed by atoms with Crippen molar-refractivity contribution in [2.75, 3.05) is 0 Å². The van der Waals surface area contributed by atoms with Gasteiger partial charge in [-0.05, 0) is 30.2 Å². The van der Waals surface area contributed by atoms with Crippen LogP contribution in [0.2, 0.25) is 0 Å². The van der Waals surface area contributed by atoms with E-state index in [1.54, 1.807) is 30.3 Å². The fourth-order valence-corrected chi connectivity index (χ4v) is 2.35. The third kappa shape index (κ3) is 2.97. The van der Waals surface area contributed by atoms with Gasteiger partial charge in [-0.1, -0.05) is 30.3 Å². The molecule has 0 saturated heterocycles. The van der Waals surface area contributed by atoms with E-state index < -0.39 is 17.0 Å². The van der Waals surface area contributed by atoms with Crippen molar-refractivity contribution in [1.29, 1.82) is 5.26 Å². The number of hydrogen-bond donors (Lipinski definition) is 0. The fourth-order valence-electron chi connectivity index (χ4n) is 2.35. The van der Waals surface area contributed by atoms with Gasteiger partial charge < -0.3 is 0 Å². The number of carbonyl (C=O) groups is 1. The molecule has 2 aromatic rings. The predicted octanol–water partition coefficient (Wildman–Crippen LogP) is 3.56. The summed E-state index contributed by atoms with van der Waals surface area (Å²) in [5.41, 5.74) is -0.653. The molecule has 21 heavy (non-hydrogen) atoms. The molecular formula is C17H13F2NO. The van der Waals surface area contributed by atoms with Crippen LogP contribution >= 0.6 is 0 Å². The van der Waals surface area contributed by atoms with Crippen molar-refractivity contribution in [1.82, 2.24) is 0 Å². The first-order chi connectivity index (χ1) is 9.98. The molecule has 0 N–H and O–H groups in total. The average Bonchev–Trinajstić information content (AvgIpc) is 2.44. The number of Topliss-reactive ketones (excluding diaryl/α,β-unsaturated/α-hetero) is 1. The molecule has 0 heterocycles. The van der Waals surface area contributed by atoms with Crippen LogP contribution in [0.5, 0.6) is 0 Å². The molecule has 1 atom stereocenters. The van der Waals surface area contributed by atoms with E-state index in [2.05, 4.69) is 0 Å². The van der Waals surface area contributed by atoms with Gasteiger partial charge in [0.25, 0.3) is 0 Å². The lowest BCUT2D eigenvalue weighted by atomic mass is 9.74. The monoisotopic (exact) mass is 285 g/mol. The Morgan fingerprint density at radius 3 is 2.19 bits per heavy atom. The van der Waals surface area contributed by atoms with Crippen LogP contribution in [0.4, 0.5) is 8.78 Å². The third-order valence-corrected chi connectivity index (χ3v) is 3.45. The maximum Gasteiger partial charge on any atom is 0.154 e. The molecule has 0 aliphatic heterocycles. The molecular weight excluding hydrogens is 272 g/mol. The first-order valence-corrected chi connectivity index (χ1v) is 6.41. The van der Waals surface area contributed by atoms with E-state index in [-0.39, 0.29) is 17.8 Å². The van der Waals surface area contributed by atoms with Crippen LogP contribution in [0, 0.1) is 23.0 Å². The zero-order valence-corrected chi connectivity index (χ0v) is 11.4. The zero-order chi connectivity index (χ0) is 15.5. The van der Waals surface area contributed by atoms with E-state index >= 15 is 0 Å². The molecule has 0 spiro atoms. The molecule has 1 unspecified atom stereocenters. The molecule has 2 nitrogen and oxygen atoms in total. The van der Waals surface area contributed by atoms with Gasteiger partial charge in [-0.15, -0.1) is 0 Å². The van der Waals surface area contributed by atoms with E-state index in [9.17, 15) is 18.8 Å². The van der Waals surface area contributed by atoms with Gasteiger partial charge in [-0.2, -0.15) is 5.26 Å². The smallest absolute Gasteiger partial charge is 0.154 e. The molecule has 0 aromatic heterocycles. The summed E-state index contributed by atoms with van der Waals surface area (Å²) in [5, 5.41) is 9.54. The van der Waals surface area contributed by atoms with E-state index in [0.717, 1.165) is 18.2 Å². The van der Waals surface area contributed by atoms with Crippen LogP contribution in [-0.2, 0) is 16.6 Å². The number of nitriles is 1. The molecule has 0 aliphatic carbocycles. The maximum atomic E-state index is 13.3. The summed E-state index contributed by atoms with van der Waals surface area (Å²) in [6.45, 7) is 1.31. The Hall–Kier alpha value is -2.54.